The lowest BCUT2D eigenvalue weighted by Crippen LogP contribution is -2.32. The van der Waals surface area contributed by atoms with E-state index in [4.69, 9.17) is 5.73 Å². The molecule has 2 N–H and O–H groups in total. The molecule has 1 rings (SSSR count). The van der Waals surface area contributed by atoms with Crippen molar-refractivity contribution >= 4 is 11.3 Å². The number of hydrogen-bond donors (Lipinski definition) is 1. The number of rotatable bonds is 5. The highest BCUT2D eigenvalue weighted by atomic mass is 32.1. The Bertz CT molecular complexity index is 217. The molecule has 0 saturated carbocycles. The summed E-state index contributed by atoms with van der Waals surface area (Å²) in [5.74, 6) is 0. The maximum Gasteiger partial charge on any atom is 0.0564 e. The van der Waals surface area contributed by atoms with E-state index in [2.05, 4.69) is 36.3 Å². The molecule has 0 aliphatic carbocycles. The summed E-state index contributed by atoms with van der Waals surface area (Å²) >= 11 is 1.79. The molecule has 0 radical (unpaired) electrons. The Morgan fingerprint density at radius 1 is 1.46 bits per heavy atom. The molecular formula is C10H18N2S. The molecule has 74 valence electrons. The summed E-state index contributed by atoms with van der Waals surface area (Å²) in [5, 5.41) is 2.11. The fourth-order valence-corrected chi connectivity index (χ4v) is 2.46. The van der Waals surface area contributed by atoms with E-state index in [-0.39, 0.29) is 0 Å². The Morgan fingerprint density at radius 3 is 2.54 bits per heavy atom. The largest absolute Gasteiger partial charge is 0.329 e. The molecule has 0 aliphatic rings. The third-order valence-electron chi connectivity index (χ3n) is 2.35. The predicted molar refractivity (Wildman–Crippen MR) is 59.0 cm³/mol. The van der Waals surface area contributed by atoms with E-state index in [1.165, 1.54) is 4.88 Å². The summed E-state index contributed by atoms with van der Waals surface area (Å²) in [4.78, 5) is 3.78. The van der Waals surface area contributed by atoms with Gasteiger partial charge in [-0.2, -0.15) is 0 Å². The molecule has 1 aromatic heterocycles. The molecule has 1 aromatic rings. The highest BCUT2D eigenvalue weighted by Crippen LogP contribution is 2.23. The number of likely N-dealkylation sites (N-methyl/N-ethyl adjacent to an activating group) is 1. The second kappa shape index (κ2) is 5.37. The lowest BCUT2D eigenvalue weighted by molar-refractivity contribution is 0.227. The average Bonchev–Trinajstić information content (AvgIpc) is 2.66. The van der Waals surface area contributed by atoms with Gasteiger partial charge in [-0.3, -0.25) is 4.90 Å². The molecule has 3 heteroatoms. The zero-order valence-corrected chi connectivity index (χ0v) is 9.18. The van der Waals surface area contributed by atoms with Crippen LogP contribution in [0.15, 0.2) is 17.5 Å². The Balaban J connectivity index is 2.72. The van der Waals surface area contributed by atoms with Crippen LogP contribution in [0.25, 0.3) is 0 Å². The molecule has 0 spiro atoms. The van der Waals surface area contributed by atoms with Crippen LogP contribution in [0, 0.1) is 0 Å². The van der Waals surface area contributed by atoms with Gasteiger partial charge in [0, 0.05) is 11.4 Å². The zero-order chi connectivity index (χ0) is 9.68. The molecule has 0 saturated heterocycles. The first kappa shape index (κ1) is 10.7. The number of thiophene rings is 1. The van der Waals surface area contributed by atoms with Gasteiger partial charge >= 0.3 is 0 Å². The Labute approximate surface area is 84.4 Å². The van der Waals surface area contributed by atoms with Crippen molar-refractivity contribution in [2.24, 2.45) is 5.73 Å². The Kier molecular flexibility index (Phi) is 4.42. The normalized spacial score (nSPS) is 13.5. The van der Waals surface area contributed by atoms with Gasteiger partial charge < -0.3 is 5.73 Å². The minimum absolute atomic E-state index is 0.412. The minimum Gasteiger partial charge on any atom is -0.329 e. The van der Waals surface area contributed by atoms with Crippen LogP contribution < -0.4 is 5.73 Å². The maximum absolute atomic E-state index is 5.78. The monoisotopic (exact) mass is 198 g/mol. The van der Waals surface area contributed by atoms with Crippen molar-refractivity contribution in [3.63, 3.8) is 0 Å². The molecule has 0 aromatic carbocycles. The van der Waals surface area contributed by atoms with Crippen LogP contribution in [0.2, 0.25) is 0 Å². The van der Waals surface area contributed by atoms with Crippen molar-refractivity contribution in [1.82, 2.24) is 4.90 Å². The zero-order valence-electron chi connectivity index (χ0n) is 8.36. The average molecular weight is 198 g/mol. The van der Waals surface area contributed by atoms with Crippen LogP contribution in [0.3, 0.4) is 0 Å². The van der Waals surface area contributed by atoms with Gasteiger partial charge in [0.05, 0.1) is 6.04 Å². The fourth-order valence-electron chi connectivity index (χ4n) is 1.59. The number of nitrogens with zero attached hydrogens (tertiary/aromatic N) is 1. The van der Waals surface area contributed by atoms with Crippen molar-refractivity contribution in [1.29, 1.82) is 0 Å². The number of hydrogen-bond acceptors (Lipinski definition) is 3. The smallest absolute Gasteiger partial charge is 0.0564 e. The first-order valence-electron chi connectivity index (χ1n) is 4.81. The van der Waals surface area contributed by atoms with E-state index in [0.29, 0.717) is 12.6 Å². The molecule has 0 bridgehead atoms. The summed E-state index contributed by atoms with van der Waals surface area (Å²) < 4.78 is 0. The van der Waals surface area contributed by atoms with E-state index < -0.39 is 0 Å². The minimum atomic E-state index is 0.412. The quantitative estimate of drug-likeness (QED) is 0.785. The highest BCUT2D eigenvalue weighted by molar-refractivity contribution is 7.10. The van der Waals surface area contributed by atoms with Crippen LogP contribution in [-0.2, 0) is 0 Å². The van der Waals surface area contributed by atoms with Crippen LogP contribution >= 0.6 is 11.3 Å². The predicted octanol–water partition coefficient (Wildman–Crippen LogP) is 2.09. The number of nitrogens with two attached hydrogens (primary N) is 1. The molecule has 1 heterocycles. The summed E-state index contributed by atoms with van der Waals surface area (Å²) in [6.07, 6.45) is 0. The Morgan fingerprint density at radius 2 is 2.15 bits per heavy atom. The molecule has 13 heavy (non-hydrogen) atoms. The molecule has 0 unspecified atom stereocenters. The van der Waals surface area contributed by atoms with Gasteiger partial charge in [0.1, 0.15) is 0 Å². The van der Waals surface area contributed by atoms with Crippen molar-refractivity contribution in [3.05, 3.63) is 22.4 Å². The molecule has 1 atom stereocenters. The van der Waals surface area contributed by atoms with E-state index in [1.54, 1.807) is 11.3 Å². The topological polar surface area (TPSA) is 29.3 Å². The first-order valence-corrected chi connectivity index (χ1v) is 5.68. The second-order valence-electron chi connectivity index (χ2n) is 2.99. The molecular weight excluding hydrogens is 180 g/mol. The SMILES string of the molecule is CCN(CC)[C@H](CN)c1cccs1. The molecule has 2 nitrogen and oxygen atoms in total. The molecule has 0 fully saturated rings. The van der Waals surface area contributed by atoms with Gasteiger partial charge in [-0.15, -0.1) is 11.3 Å². The standard InChI is InChI=1S/C10H18N2S/c1-3-12(4-2)9(8-11)10-6-5-7-13-10/h5-7,9H,3-4,8,11H2,1-2H3/t9-/m1/s1. The third kappa shape index (κ3) is 2.53. The van der Waals surface area contributed by atoms with E-state index in [0.717, 1.165) is 13.1 Å². The fraction of sp³-hybridized carbons (Fsp3) is 0.600. The Hall–Kier alpha value is -0.380. The van der Waals surface area contributed by atoms with Crippen molar-refractivity contribution in [2.75, 3.05) is 19.6 Å². The lowest BCUT2D eigenvalue weighted by atomic mass is 10.2. The molecule has 0 aliphatic heterocycles. The van der Waals surface area contributed by atoms with Gasteiger partial charge in [0.15, 0.2) is 0 Å². The first-order chi connectivity index (χ1) is 6.33. The van der Waals surface area contributed by atoms with Crippen molar-refractivity contribution in [3.8, 4) is 0 Å². The second-order valence-corrected chi connectivity index (χ2v) is 3.97. The van der Waals surface area contributed by atoms with Crippen molar-refractivity contribution in [2.45, 2.75) is 19.9 Å². The van der Waals surface area contributed by atoms with Crippen molar-refractivity contribution < 1.29 is 0 Å². The van der Waals surface area contributed by atoms with Gasteiger partial charge in [0.25, 0.3) is 0 Å². The van der Waals surface area contributed by atoms with Gasteiger partial charge in [0.2, 0.25) is 0 Å². The van der Waals surface area contributed by atoms with Crippen LogP contribution in [0.1, 0.15) is 24.8 Å². The summed E-state index contributed by atoms with van der Waals surface area (Å²) in [6.45, 7) is 7.20. The highest BCUT2D eigenvalue weighted by Gasteiger charge is 2.16. The van der Waals surface area contributed by atoms with E-state index >= 15 is 0 Å². The van der Waals surface area contributed by atoms with Crippen LogP contribution in [0.5, 0.6) is 0 Å². The third-order valence-corrected chi connectivity index (χ3v) is 3.32. The lowest BCUT2D eigenvalue weighted by Gasteiger charge is -2.27. The van der Waals surface area contributed by atoms with E-state index in [9.17, 15) is 0 Å². The van der Waals surface area contributed by atoms with Crippen LogP contribution in [0.4, 0.5) is 0 Å². The molecule has 0 amide bonds. The summed E-state index contributed by atoms with van der Waals surface area (Å²) in [5.41, 5.74) is 5.78. The van der Waals surface area contributed by atoms with E-state index in [1.807, 2.05) is 0 Å². The van der Waals surface area contributed by atoms with Gasteiger partial charge in [-0.05, 0) is 24.5 Å². The van der Waals surface area contributed by atoms with Gasteiger partial charge in [-0.1, -0.05) is 19.9 Å². The summed E-state index contributed by atoms with van der Waals surface area (Å²) in [6, 6.07) is 4.67. The summed E-state index contributed by atoms with van der Waals surface area (Å²) in [7, 11) is 0. The van der Waals surface area contributed by atoms with Gasteiger partial charge in [-0.25, -0.2) is 0 Å². The van der Waals surface area contributed by atoms with Crippen LogP contribution in [-0.4, -0.2) is 24.5 Å². The maximum atomic E-state index is 5.78.